The summed E-state index contributed by atoms with van der Waals surface area (Å²) in [4.78, 5) is 30.4. The van der Waals surface area contributed by atoms with Crippen LogP contribution in [0.25, 0.3) is 0 Å². The third-order valence-corrected chi connectivity index (χ3v) is 4.12. The van der Waals surface area contributed by atoms with Crippen molar-refractivity contribution in [2.75, 3.05) is 60.4 Å². The van der Waals surface area contributed by atoms with Crippen molar-refractivity contribution in [2.45, 2.75) is 6.42 Å². The molecule has 114 valence electrons. The van der Waals surface area contributed by atoms with E-state index < -0.39 is 0 Å². The van der Waals surface area contributed by atoms with Crippen molar-refractivity contribution in [3.63, 3.8) is 0 Å². The Kier molecular flexibility index (Phi) is 4.99. The Bertz CT molecular complexity index is 364. The Hall–Kier alpha value is -1.14. The Morgan fingerprint density at radius 2 is 1.80 bits per heavy atom. The largest absolute Gasteiger partial charge is 0.355 e. The summed E-state index contributed by atoms with van der Waals surface area (Å²) < 4.78 is 0. The molecule has 0 spiro atoms. The average Bonchev–Trinajstić information content (AvgIpc) is 3.18. The number of nitrogens with zero attached hydrogens (tertiary/aromatic N) is 3. The maximum absolute atomic E-state index is 12.3. The molecule has 0 aromatic carbocycles. The van der Waals surface area contributed by atoms with Gasteiger partial charge in [-0.05, 0) is 27.6 Å². The van der Waals surface area contributed by atoms with Gasteiger partial charge in [0.1, 0.15) is 0 Å². The lowest BCUT2D eigenvalue weighted by atomic mass is 10.2. The van der Waals surface area contributed by atoms with Crippen LogP contribution >= 0.6 is 0 Å². The second kappa shape index (κ2) is 6.54. The van der Waals surface area contributed by atoms with Crippen LogP contribution in [-0.4, -0.2) is 86.9 Å². The normalized spacial score (nSPS) is 26.7. The van der Waals surface area contributed by atoms with Crippen LogP contribution in [0.1, 0.15) is 6.42 Å². The van der Waals surface area contributed by atoms with E-state index in [9.17, 15) is 9.59 Å². The summed E-state index contributed by atoms with van der Waals surface area (Å²) in [7, 11) is 6.02. The zero-order chi connectivity index (χ0) is 14.7. The fourth-order valence-corrected chi connectivity index (χ4v) is 2.55. The SMILES string of the molecule is CN(C)CCNC(=O)C1CC1C(=O)N1CCN(C)CC1. The number of amides is 2. The highest BCUT2D eigenvalue weighted by atomic mass is 16.2. The summed E-state index contributed by atoms with van der Waals surface area (Å²) in [5, 5.41) is 2.91. The molecule has 1 saturated carbocycles. The first-order chi connectivity index (χ1) is 9.49. The molecule has 1 aliphatic carbocycles. The zero-order valence-electron chi connectivity index (χ0n) is 12.8. The first kappa shape index (κ1) is 15.3. The van der Waals surface area contributed by atoms with Crippen LogP contribution in [0, 0.1) is 11.8 Å². The molecular formula is C14H26N4O2. The molecule has 6 heteroatoms. The fourth-order valence-electron chi connectivity index (χ4n) is 2.55. The van der Waals surface area contributed by atoms with Crippen molar-refractivity contribution in [3.05, 3.63) is 0 Å². The second-order valence-corrected chi connectivity index (χ2v) is 6.17. The standard InChI is InChI=1S/C14H26N4O2/c1-16(2)5-4-15-13(19)11-10-12(11)14(20)18-8-6-17(3)7-9-18/h11-12H,4-10H2,1-3H3,(H,15,19). The van der Waals surface area contributed by atoms with E-state index in [1.54, 1.807) is 0 Å². The fraction of sp³-hybridized carbons (Fsp3) is 0.857. The Balaban J connectivity index is 1.71. The maximum atomic E-state index is 12.3. The molecule has 2 aliphatic rings. The Morgan fingerprint density at radius 3 is 2.40 bits per heavy atom. The van der Waals surface area contributed by atoms with Gasteiger partial charge in [-0.1, -0.05) is 0 Å². The minimum absolute atomic E-state index is 0.0410. The van der Waals surface area contributed by atoms with E-state index >= 15 is 0 Å². The summed E-state index contributed by atoms with van der Waals surface area (Å²) >= 11 is 0. The van der Waals surface area contributed by atoms with Gasteiger partial charge in [-0.15, -0.1) is 0 Å². The molecule has 1 heterocycles. The number of nitrogens with one attached hydrogen (secondary N) is 1. The Morgan fingerprint density at radius 1 is 1.15 bits per heavy atom. The summed E-state index contributed by atoms with van der Waals surface area (Å²) in [6.45, 7) is 4.92. The summed E-state index contributed by atoms with van der Waals surface area (Å²) in [6.07, 6.45) is 0.721. The first-order valence-corrected chi connectivity index (χ1v) is 7.39. The maximum Gasteiger partial charge on any atom is 0.226 e. The van der Waals surface area contributed by atoms with E-state index in [0.717, 1.165) is 39.1 Å². The van der Waals surface area contributed by atoms with E-state index in [1.807, 2.05) is 23.9 Å². The van der Waals surface area contributed by atoms with Crippen LogP contribution in [0.15, 0.2) is 0 Å². The summed E-state index contributed by atoms with van der Waals surface area (Å²) in [5.41, 5.74) is 0. The number of likely N-dealkylation sites (N-methyl/N-ethyl adjacent to an activating group) is 2. The van der Waals surface area contributed by atoms with Gasteiger partial charge in [-0.25, -0.2) is 0 Å². The number of piperazine rings is 1. The van der Waals surface area contributed by atoms with Crippen LogP contribution in [0.4, 0.5) is 0 Å². The van der Waals surface area contributed by atoms with E-state index in [0.29, 0.717) is 6.54 Å². The van der Waals surface area contributed by atoms with Crippen LogP contribution < -0.4 is 5.32 Å². The molecule has 2 rings (SSSR count). The van der Waals surface area contributed by atoms with Crippen molar-refractivity contribution < 1.29 is 9.59 Å². The molecule has 1 saturated heterocycles. The predicted octanol–water partition coefficient (Wildman–Crippen LogP) is -0.926. The summed E-state index contributed by atoms with van der Waals surface area (Å²) in [5.74, 6) is 0.0484. The minimum Gasteiger partial charge on any atom is -0.355 e. The van der Waals surface area contributed by atoms with Gasteiger partial charge < -0.3 is 20.0 Å². The van der Waals surface area contributed by atoms with Crippen LogP contribution in [0.3, 0.4) is 0 Å². The average molecular weight is 282 g/mol. The number of carbonyl (C=O) groups excluding carboxylic acids is 2. The molecule has 2 atom stereocenters. The number of hydrogen-bond acceptors (Lipinski definition) is 4. The first-order valence-electron chi connectivity index (χ1n) is 7.39. The monoisotopic (exact) mass is 282 g/mol. The van der Waals surface area contributed by atoms with Crippen molar-refractivity contribution in [1.82, 2.24) is 20.0 Å². The third-order valence-electron chi connectivity index (χ3n) is 4.12. The second-order valence-electron chi connectivity index (χ2n) is 6.17. The molecule has 0 aromatic rings. The topological polar surface area (TPSA) is 55.9 Å². The van der Waals surface area contributed by atoms with Gasteiger partial charge in [0.25, 0.3) is 0 Å². The molecule has 2 unspecified atom stereocenters. The molecule has 0 aromatic heterocycles. The zero-order valence-corrected chi connectivity index (χ0v) is 12.8. The molecule has 1 aliphatic heterocycles. The lowest BCUT2D eigenvalue weighted by molar-refractivity contribution is -0.136. The minimum atomic E-state index is -0.0932. The molecule has 1 N–H and O–H groups in total. The van der Waals surface area contributed by atoms with Gasteiger partial charge in [0, 0.05) is 39.3 Å². The predicted molar refractivity (Wildman–Crippen MR) is 77.2 cm³/mol. The Labute approximate surface area is 121 Å². The van der Waals surface area contributed by atoms with Gasteiger partial charge in [0.05, 0.1) is 11.8 Å². The van der Waals surface area contributed by atoms with Gasteiger partial charge in [-0.2, -0.15) is 0 Å². The van der Waals surface area contributed by atoms with Crippen molar-refractivity contribution in [2.24, 2.45) is 11.8 Å². The molecule has 2 amide bonds. The number of carbonyl (C=O) groups is 2. The number of hydrogen-bond donors (Lipinski definition) is 1. The molecule has 0 radical (unpaired) electrons. The van der Waals surface area contributed by atoms with Crippen LogP contribution in [-0.2, 0) is 9.59 Å². The van der Waals surface area contributed by atoms with Gasteiger partial charge in [0.2, 0.25) is 11.8 Å². The highest BCUT2D eigenvalue weighted by Crippen LogP contribution is 2.40. The molecule has 6 nitrogen and oxygen atoms in total. The van der Waals surface area contributed by atoms with E-state index in [1.165, 1.54) is 0 Å². The molecule has 2 fully saturated rings. The van der Waals surface area contributed by atoms with Gasteiger partial charge in [-0.3, -0.25) is 9.59 Å². The molecule has 0 bridgehead atoms. The van der Waals surface area contributed by atoms with E-state index in [2.05, 4.69) is 17.3 Å². The highest BCUT2D eigenvalue weighted by molar-refractivity contribution is 5.92. The van der Waals surface area contributed by atoms with Crippen LogP contribution in [0.2, 0.25) is 0 Å². The van der Waals surface area contributed by atoms with Gasteiger partial charge >= 0.3 is 0 Å². The number of rotatable bonds is 5. The smallest absolute Gasteiger partial charge is 0.226 e. The van der Waals surface area contributed by atoms with E-state index in [4.69, 9.17) is 0 Å². The van der Waals surface area contributed by atoms with Crippen LogP contribution in [0.5, 0.6) is 0 Å². The lowest BCUT2D eigenvalue weighted by Gasteiger charge is -2.32. The van der Waals surface area contributed by atoms with Gasteiger partial charge in [0.15, 0.2) is 0 Å². The van der Waals surface area contributed by atoms with Crippen molar-refractivity contribution in [3.8, 4) is 0 Å². The summed E-state index contributed by atoms with van der Waals surface area (Å²) in [6, 6.07) is 0. The quantitative estimate of drug-likeness (QED) is 0.708. The highest BCUT2D eigenvalue weighted by Gasteiger charge is 2.49. The van der Waals surface area contributed by atoms with Crippen molar-refractivity contribution >= 4 is 11.8 Å². The van der Waals surface area contributed by atoms with Crippen molar-refractivity contribution in [1.29, 1.82) is 0 Å². The molecular weight excluding hydrogens is 256 g/mol. The lowest BCUT2D eigenvalue weighted by Crippen LogP contribution is -2.48. The third kappa shape index (κ3) is 3.93. The molecule has 20 heavy (non-hydrogen) atoms. The van der Waals surface area contributed by atoms with E-state index in [-0.39, 0.29) is 23.7 Å².